The van der Waals surface area contributed by atoms with Gasteiger partial charge in [-0.2, -0.15) is 5.10 Å². The van der Waals surface area contributed by atoms with Gasteiger partial charge in [0.15, 0.2) is 0 Å². The van der Waals surface area contributed by atoms with Gasteiger partial charge in [-0.05, 0) is 27.2 Å². The van der Waals surface area contributed by atoms with Crippen molar-refractivity contribution in [3.05, 3.63) is 15.8 Å². The van der Waals surface area contributed by atoms with Gasteiger partial charge in [-0.25, -0.2) is 4.68 Å². The molecule has 1 aromatic heterocycles. The van der Waals surface area contributed by atoms with Gasteiger partial charge >= 0.3 is 5.69 Å². The van der Waals surface area contributed by atoms with Gasteiger partial charge in [-0.15, -0.1) is 0 Å². The number of rotatable bonds is 8. The molecule has 0 aliphatic carbocycles. The quantitative estimate of drug-likeness (QED) is 0.564. The molecule has 1 heterocycles. The summed E-state index contributed by atoms with van der Waals surface area (Å²) in [7, 11) is 0. The van der Waals surface area contributed by atoms with Gasteiger partial charge in [0.1, 0.15) is 5.69 Å². The van der Waals surface area contributed by atoms with Crippen molar-refractivity contribution >= 4 is 17.4 Å². The minimum absolute atomic E-state index is 0.00572. The standard InChI is InChI=1S/C13H23N5O3/c1-5-7-14-11(19)6-8-15-13-12(18(20)21)10(4)16-17(13)9(2)3/h9,15H,5-8H2,1-4H3,(H,14,19). The number of anilines is 1. The molecule has 0 saturated carbocycles. The Labute approximate surface area is 124 Å². The highest BCUT2D eigenvalue weighted by molar-refractivity contribution is 5.76. The Morgan fingerprint density at radius 2 is 2.10 bits per heavy atom. The molecule has 8 nitrogen and oxygen atoms in total. The summed E-state index contributed by atoms with van der Waals surface area (Å²) in [4.78, 5) is 22.2. The maximum atomic E-state index is 11.5. The van der Waals surface area contributed by atoms with Gasteiger partial charge in [0.25, 0.3) is 0 Å². The van der Waals surface area contributed by atoms with Crippen LogP contribution in [0.3, 0.4) is 0 Å². The third kappa shape index (κ3) is 4.44. The Kier molecular flexibility index (Phi) is 6.13. The smallest absolute Gasteiger partial charge is 0.333 e. The Bertz CT molecular complexity index is 510. The molecule has 0 aliphatic heterocycles. The van der Waals surface area contributed by atoms with Gasteiger partial charge in [0.2, 0.25) is 11.7 Å². The van der Waals surface area contributed by atoms with Crippen LogP contribution >= 0.6 is 0 Å². The van der Waals surface area contributed by atoms with E-state index in [0.717, 1.165) is 6.42 Å². The number of hydrogen-bond donors (Lipinski definition) is 2. The number of nitrogens with zero attached hydrogens (tertiary/aromatic N) is 3. The lowest BCUT2D eigenvalue weighted by Crippen LogP contribution is -2.26. The summed E-state index contributed by atoms with van der Waals surface area (Å²) in [5.41, 5.74) is 0.337. The molecule has 0 unspecified atom stereocenters. The van der Waals surface area contributed by atoms with Crippen molar-refractivity contribution in [2.45, 2.75) is 46.6 Å². The van der Waals surface area contributed by atoms with Crippen LogP contribution < -0.4 is 10.6 Å². The highest BCUT2D eigenvalue weighted by Gasteiger charge is 2.26. The normalized spacial score (nSPS) is 10.7. The predicted molar refractivity (Wildman–Crippen MR) is 80.4 cm³/mol. The van der Waals surface area contributed by atoms with E-state index < -0.39 is 4.92 Å². The van der Waals surface area contributed by atoms with Crippen LogP contribution in [0.5, 0.6) is 0 Å². The Morgan fingerprint density at radius 1 is 1.43 bits per heavy atom. The molecule has 0 spiro atoms. The van der Waals surface area contributed by atoms with Gasteiger partial charge in [0.05, 0.1) is 4.92 Å². The summed E-state index contributed by atoms with van der Waals surface area (Å²) < 4.78 is 1.58. The van der Waals surface area contributed by atoms with Crippen molar-refractivity contribution in [3.63, 3.8) is 0 Å². The number of amides is 1. The minimum Gasteiger partial charge on any atom is -0.364 e. The number of carbonyl (C=O) groups excluding carboxylic acids is 1. The molecule has 1 rings (SSSR count). The third-order valence-corrected chi connectivity index (χ3v) is 2.94. The van der Waals surface area contributed by atoms with E-state index in [-0.39, 0.29) is 24.1 Å². The van der Waals surface area contributed by atoms with Crippen LogP contribution in [0.15, 0.2) is 0 Å². The summed E-state index contributed by atoms with van der Waals surface area (Å²) in [5.74, 6) is 0.287. The molecule has 1 aromatic rings. The van der Waals surface area contributed by atoms with Crippen molar-refractivity contribution in [2.75, 3.05) is 18.4 Å². The van der Waals surface area contributed by atoms with Gasteiger partial charge in [0, 0.05) is 25.6 Å². The van der Waals surface area contributed by atoms with Crippen LogP contribution in [0.2, 0.25) is 0 Å². The van der Waals surface area contributed by atoms with Crippen molar-refractivity contribution < 1.29 is 9.72 Å². The molecule has 0 saturated heterocycles. The van der Waals surface area contributed by atoms with Crippen LogP contribution in [0.25, 0.3) is 0 Å². The third-order valence-electron chi connectivity index (χ3n) is 2.94. The molecule has 2 N–H and O–H groups in total. The fourth-order valence-electron chi connectivity index (χ4n) is 1.94. The topological polar surface area (TPSA) is 102 Å². The van der Waals surface area contributed by atoms with E-state index in [1.165, 1.54) is 0 Å². The molecule has 0 atom stereocenters. The number of aryl methyl sites for hydroxylation is 1. The SMILES string of the molecule is CCCNC(=O)CCNc1c([N+](=O)[O-])c(C)nn1C(C)C. The summed E-state index contributed by atoms with van der Waals surface area (Å²) >= 11 is 0. The zero-order valence-electron chi connectivity index (χ0n) is 13.0. The minimum atomic E-state index is -0.444. The Hall–Kier alpha value is -2.12. The number of nitro groups is 1. The van der Waals surface area contributed by atoms with Gasteiger partial charge in [-0.3, -0.25) is 14.9 Å². The van der Waals surface area contributed by atoms with Crippen molar-refractivity contribution in [1.82, 2.24) is 15.1 Å². The fraction of sp³-hybridized carbons (Fsp3) is 0.692. The van der Waals surface area contributed by atoms with E-state index in [1.807, 2.05) is 20.8 Å². The summed E-state index contributed by atoms with van der Waals surface area (Å²) in [6.07, 6.45) is 1.14. The van der Waals surface area contributed by atoms with Gasteiger partial charge < -0.3 is 10.6 Å². The van der Waals surface area contributed by atoms with E-state index in [9.17, 15) is 14.9 Å². The maximum Gasteiger partial charge on any atom is 0.333 e. The summed E-state index contributed by atoms with van der Waals surface area (Å²) in [5, 5.41) is 21.1. The highest BCUT2D eigenvalue weighted by atomic mass is 16.6. The van der Waals surface area contributed by atoms with Crippen molar-refractivity contribution in [1.29, 1.82) is 0 Å². The molecule has 118 valence electrons. The zero-order chi connectivity index (χ0) is 16.0. The van der Waals surface area contributed by atoms with Crippen LogP contribution in [0, 0.1) is 17.0 Å². The largest absolute Gasteiger partial charge is 0.364 e. The first-order valence-corrected chi connectivity index (χ1v) is 7.12. The molecule has 1 amide bonds. The zero-order valence-corrected chi connectivity index (χ0v) is 13.0. The second-order valence-corrected chi connectivity index (χ2v) is 5.10. The lowest BCUT2D eigenvalue weighted by Gasteiger charge is -2.11. The molecule has 8 heteroatoms. The second kappa shape index (κ2) is 7.61. The highest BCUT2D eigenvalue weighted by Crippen LogP contribution is 2.30. The predicted octanol–water partition coefficient (Wildman–Crippen LogP) is 2.01. The van der Waals surface area contributed by atoms with Gasteiger partial charge in [-0.1, -0.05) is 6.92 Å². The lowest BCUT2D eigenvalue weighted by atomic mass is 10.3. The molecule has 0 radical (unpaired) electrons. The second-order valence-electron chi connectivity index (χ2n) is 5.10. The van der Waals surface area contributed by atoms with Crippen LogP contribution in [0.4, 0.5) is 11.5 Å². The molecule has 0 aliphatic rings. The summed E-state index contributed by atoms with van der Waals surface area (Å²) in [6, 6.07) is -0.00572. The first-order valence-electron chi connectivity index (χ1n) is 7.12. The Balaban J connectivity index is 2.77. The van der Waals surface area contributed by atoms with E-state index in [4.69, 9.17) is 0 Å². The summed E-state index contributed by atoms with van der Waals surface area (Å²) in [6.45, 7) is 8.35. The molecular formula is C13H23N5O3. The molecule has 0 bridgehead atoms. The number of hydrogen-bond acceptors (Lipinski definition) is 5. The first-order chi connectivity index (χ1) is 9.88. The van der Waals surface area contributed by atoms with E-state index in [2.05, 4.69) is 15.7 Å². The fourth-order valence-corrected chi connectivity index (χ4v) is 1.94. The molecule has 21 heavy (non-hydrogen) atoms. The maximum absolute atomic E-state index is 11.5. The van der Waals surface area contributed by atoms with E-state index >= 15 is 0 Å². The number of nitrogens with one attached hydrogen (secondary N) is 2. The molecular weight excluding hydrogens is 274 g/mol. The van der Waals surface area contributed by atoms with E-state index in [1.54, 1.807) is 11.6 Å². The Morgan fingerprint density at radius 3 is 2.62 bits per heavy atom. The lowest BCUT2D eigenvalue weighted by molar-refractivity contribution is -0.384. The van der Waals surface area contributed by atoms with Crippen molar-refractivity contribution in [3.8, 4) is 0 Å². The van der Waals surface area contributed by atoms with Crippen molar-refractivity contribution in [2.24, 2.45) is 0 Å². The number of carbonyl (C=O) groups is 1. The first kappa shape index (κ1) is 16.9. The van der Waals surface area contributed by atoms with Crippen LogP contribution in [-0.4, -0.2) is 33.7 Å². The average Bonchev–Trinajstić information content (AvgIpc) is 2.73. The average molecular weight is 297 g/mol. The molecule has 0 aromatic carbocycles. The number of aromatic nitrogens is 2. The molecule has 0 fully saturated rings. The monoisotopic (exact) mass is 297 g/mol. The van der Waals surface area contributed by atoms with Crippen LogP contribution in [-0.2, 0) is 4.79 Å². The van der Waals surface area contributed by atoms with E-state index in [0.29, 0.717) is 24.6 Å². The van der Waals surface area contributed by atoms with Crippen LogP contribution in [0.1, 0.15) is 45.3 Å².